The van der Waals surface area contributed by atoms with Crippen LogP contribution in [0.25, 0.3) is 10.9 Å². The summed E-state index contributed by atoms with van der Waals surface area (Å²) >= 11 is 0.947. The van der Waals surface area contributed by atoms with Gasteiger partial charge in [0, 0.05) is 42.0 Å². The summed E-state index contributed by atoms with van der Waals surface area (Å²) in [5, 5.41) is 60.8. The van der Waals surface area contributed by atoms with Crippen molar-refractivity contribution >= 4 is 76.2 Å². The number of fused-ring (bicyclic) bond motifs is 5. The van der Waals surface area contributed by atoms with E-state index < -0.39 is 146 Å². The lowest BCUT2D eigenvalue weighted by Crippen LogP contribution is -2.69. The first-order chi connectivity index (χ1) is 29.8. The largest absolute Gasteiger partial charge is 0.508 e. The van der Waals surface area contributed by atoms with Crippen LogP contribution in [0.15, 0.2) is 23.2 Å². The van der Waals surface area contributed by atoms with Crippen LogP contribution in [-0.2, 0) is 49.6 Å². The van der Waals surface area contributed by atoms with Gasteiger partial charge in [-0.3, -0.25) is 48.5 Å². The second-order valence-electron chi connectivity index (χ2n) is 16.0. The van der Waals surface area contributed by atoms with Gasteiger partial charge in [0.05, 0.1) is 49.4 Å². The Morgan fingerprint density at radius 1 is 0.952 bits per heavy atom. The van der Waals surface area contributed by atoms with Gasteiger partial charge in [-0.2, -0.15) is 0 Å². The zero-order valence-corrected chi connectivity index (χ0v) is 35.6. The number of nitrogens with zero attached hydrogens (tertiary/aromatic N) is 1. The molecule has 3 aliphatic heterocycles. The number of phenols is 1. The van der Waals surface area contributed by atoms with Crippen LogP contribution in [0, 0.1) is 11.8 Å². The Kier molecular flexibility index (Phi) is 15.7. The van der Waals surface area contributed by atoms with Gasteiger partial charge >= 0.3 is 0 Å². The molecule has 24 heteroatoms. The lowest BCUT2D eigenvalue weighted by atomic mass is 9.92. The number of aliphatic hydroxyl groups is 3. The third kappa shape index (κ3) is 11.2. The molecule has 1 aromatic heterocycles. The van der Waals surface area contributed by atoms with Gasteiger partial charge in [0.1, 0.15) is 29.9 Å². The zero-order chi connectivity index (χ0) is 46.3. The number of aromatic amines is 1. The van der Waals surface area contributed by atoms with Crippen LogP contribution in [0.3, 0.4) is 0 Å². The predicted molar refractivity (Wildman–Crippen MR) is 222 cm³/mol. The maximum Gasteiger partial charge on any atom is 0.247 e. The molecule has 23 nitrogen and oxygen atoms in total. The molecule has 1 fully saturated rings. The van der Waals surface area contributed by atoms with E-state index in [1.807, 2.05) is 0 Å². The molecule has 4 heterocycles. The fourth-order valence-electron chi connectivity index (χ4n) is 7.73. The average molecular weight is 903 g/mol. The van der Waals surface area contributed by atoms with Crippen molar-refractivity contribution < 1.29 is 63.6 Å². The Morgan fingerprint density at radius 2 is 1.63 bits per heavy atom. The SMILES string of the molecule is CC[C@H](C)[C@@H]1NC(=O)CNC(=O)C2Cc3c([nH]c4ccc(O)cc34)SCC(NC(=O)CNC1=O)C(=O)N[C@@H](CC(N)=O)C(=O)N1C[C@H](O)C[C@]1(C=O)N[C@@H]([C@@H](C)[C@@H](O)CO)C(=O)N2. The van der Waals surface area contributed by atoms with Crippen molar-refractivity contribution in [2.24, 2.45) is 17.6 Å². The summed E-state index contributed by atoms with van der Waals surface area (Å²) in [4.78, 5) is 127. The Labute approximate surface area is 364 Å². The number of hydrogen-bond acceptors (Lipinski definition) is 15. The molecule has 10 atom stereocenters. The molecule has 0 aliphatic carbocycles. The first-order valence-corrected chi connectivity index (χ1v) is 21.3. The molecule has 344 valence electrons. The van der Waals surface area contributed by atoms with E-state index in [-0.39, 0.29) is 29.2 Å². The van der Waals surface area contributed by atoms with Crippen molar-refractivity contribution in [1.29, 1.82) is 0 Å². The van der Waals surface area contributed by atoms with Gasteiger partial charge in [0.2, 0.25) is 47.3 Å². The smallest absolute Gasteiger partial charge is 0.247 e. The highest BCUT2D eigenvalue weighted by molar-refractivity contribution is 7.99. The number of aldehydes is 1. The van der Waals surface area contributed by atoms with Crippen LogP contribution in [0.1, 0.15) is 45.6 Å². The van der Waals surface area contributed by atoms with Crippen molar-refractivity contribution in [2.75, 3.05) is 32.0 Å². The van der Waals surface area contributed by atoms with E-state index in [1.54, 1.807) is 13.8 Å². The van der Waals surface area contributed by atoms with Crippen molar-refractivity contribution in [2.45, 2.75) is 99.6 Å². The molecule has 63 heavy (non-hydrogen) atoms. The molecule has 2 bridgehead atoms. The summed E-state index contributed by atoms with van der Waals surface area (Å²) in [6.07, 6.45) is -4.23. The molecule has 8 amide bonds. The van der Waals surface area contributed by atoms with Crippen molar-refractivity contribution in [3.8, 4) is 5.75 Å². The minimum absolute atomic E-state index is 0.181. The Balaban J connectivity index is 1.74. The second-order valence-corrected chi connectivity index (χ2v) is 17.1. The van der Waals surface area contributed by atoms with Crippen molar-refractivity contribution in [3.63, 3.8) is 0 Å². The quantitative estimate of drug-likeness (QED) is 0.110. The number of aromatic hydroxyl groups is 1. The van der Waals surface area contributed by atoms with Gasteiger partial charge < -0.3 is 67.9 Å². The van der Waals surface area contributed by atoms with Crippen LogP contribution < -0.4 is 43.0 Å². The van der Waals surface area contributed by atoms with Crippen molar-refractivity contribution in [3.05, 3.63) is 23.8 Å². The number of nitrogens with two attached hydrogens (primary N) is 1. The standard InChI is InChI=1S/C39H54N10O13S/c1-4-17(2)31-35(60)42-11-29(56)43-26-15-63-37-22(21-7-19(52)5-6-23(21)46-37)8-24(33(58)41-12-30(57)47-31)44-36(61)32(18(3)27(54)14-50)48-39(16-51)10-20(53)13-49(39)38(62)25(9-28(40)55)45-34(26)59/h5-7,16-18,20,24-27,31-32,46,48,50,52-54H,4,8-15H2,1-3H3,(H2,40,55)(H,41,58)(H,42,60)(H,43,56)(H,44,61)(H,45,59)(H,47,57)/t17-,18-,20+,24?,25-,26?,27-,31-,32-,39-/m0/s1. The molecule has 0 radical (unpaired) electrons. The third-order valence-electron chi connectivity index (χ3n) is 11.5. The van der Waals surface area contributed by atoms with Gasteiger partial charge in [-0.1, -0.05) is 27.2 Å². The third-order valence-corrected chi connectivity index (χ3v) is 12.6. The van der Waals surface area contributed by atoms with Crippen LogP contribution >= 0.6 is 11.8 Å². The minimum atomic E-state index is -2.28. The number of nitrogens with one attached hydrogen (secondary N) is 8. The molecule has 0 spiro atoms. The summed E-state index contributed by atoms with van der Waals surface area (Å²) < 4.78 is 0. The summed E-state index contributed by atoms with van der Waals surface area (Å²) in [5.74, 6) is -9.94. The predicted octanol–water partition coefficient (Wildman–Crippen LogP) is -4.94. The Hall–Kier alpha value is -5.82. The number of phenolic OH excluding ortho intramolecular Hbond substituents is 1. The summed E-state index contributed by atoms with van der Waals surface area (Å²) in [6, 6.07) is -3.62. The van der Waals surface area contributed by atoms with Gasteiger partial charge in [-0.15, -0.1) is 11.8 Å². The lowest BCUT2D eigenvalue weighted by Gasteiger charge is -2.41. The minimum Gasteiger partial charge on any atom is -0.508 e. The molecular formula is C39H54N10O13S. The number of hydrogen-bond donors (Lipinski definition) is 13. The second kappa shape index (κ2) is 20.6. The topological polar surface area (TPSA) is 364 Å². The van der Waals surface area contributed by atoms with E-state index >= 15 is 0 Å². The van der Waals surface area contributed by atoms with Gasteiger partial charge in [-0.05, 0) is 29.7 Å². The number of aliphatic hydroxyl groups excluding tert-OH is 3. The summed E-state index contributed by atoms with van der Waals surface area (Å²) in [6.45, 7) is 1.92. The molecule has 0 saturated carbocycles. The maximum absolute atomic E-state index is 14.6. The first-order valence-electron chi connectivity index (χ1n) is 20.3. The molecule has 1 saturated heterocycles. The molecule has 14 N–H and O–H groups in total. The van der Waals surface area contributed by atoms with Crippen LogP contribution in [-0.4, -0.2) is 164 Å². The number of carbonyl (C=O) groups excluding carboxylic acids is 9. The van der Waals surface area contributed by atoms with Crippen LogP contribution in [0.5, 0.6) is 5.75 Å². The molecule has 3 aliphatic rings. The number of carbonyl (C=O) groups is 9. The normalized spacial score (nSPS) is 28.6. The fourth-order valence-corrected chi connectivity index (χ4v) is 8.85. The Bertz CT molecular complexity index is 2120. The van der Waals surface area contributed by atoms with E-state index in [9.17, 15) is 63.6 Å². The molecule has 5 rings (SSSR count). The monoisotopic (exact) mass is 902 g/mol. The van der Waals surface area contributed by atoms with Crippen LogP contribution in [0.4, 0.5) is 0 Å². The Morgan fingerprint density at radius 3 is 2.29 bits per heavy atom. The summed E-state index contributed by atoms with van der Waals surface area (Å²) in [5.41, 5.74) is 3.98. The average Bonchev–Trinajstić information content (AvgIpc) is 3.77. The van der Waals surface area contributed by atoms with E-state index in [4.69, 9.17) is 5.73 Å². The number of amides is 8. The lowest BCUT2D eigenvalue weighted by molar-refractivity contribution is -0.147. The number of aromatic nitrogens is 1. The van der Waals surface area contributed by atoms with Crippen molar-refractivity contribution in [1.82, 2.24) is 47.1 Å². The summed E-state index contributed by atoms with van der Waals surface area (Å²) in [7, 11) is 0. The van der Waals surface area contributed by atoms with Gasteiger partial charge in [0.25, 0.3) is 0 Å². The molecular weight excluding hydrogens is 849 g/mol. The van der Waals surface area contributed by atoms with E-state index in [0.29, 0.717) is 22.9 Å². The van der Waals surface area contributed by atoms with E-state index in [0.717, 1.165) is 16.7 Å². The zero-order valence-electron chi connectivity index (χ0n) is 34.8. The highest BCUT2D eigenvalue weighted by Crippen LogP contribution is 2.34. The fraction of sp³-hybridized carbons (Fsp3) is 0.564. The van der Waals surface area contributed by atoms with Gasteiger partial charge in [-0.25, -0.2) is 0 Å². The number of thioether (sulfide) groups is 1. The first kappa shape index (κ1) is 48.2. The molecule has 2 aromatic rings. The molecule has 2 unspecified atom stereocenters. The van der Waals surface area contributed by atoms with E-state index in [1.165, 1.54) is 25.1 Å². The number of H-pyrrole nitrogens is 1. The van der Waals surface area contributed by atoms with E-state index in [2.05, 4.69) is 42.2 Å². The number of primary amides is 1. The van der Waals surface area contributed by atoms with Gasteiger partial charge in [0.15, 0.2) is 11.9 Å². The van der Waals surface area contributed by atoms with Crippen LogP contribution in [0.2, 0.25) is 0 Å². The number of rotatable bonds is 8. The molecule has 1 aromatic carbocycles. The highest BCUT2D eigenvalue weighted by atomic mass is 32.2. The highest BCUT2D eigenvalue weighted by Gasteiger charge is 2.52. The maximum atomic E-state index is 14.6. The number of benzene rings is 1.